The Bertz CT molecular complexity index is 461. The molecule has 0 aromatic carbocycles. The van der Waals surface area contributed by atoms with E-state index in [2.05, 4.69) is 17.2 Å². The maximum absolute atomic E-state index is 12.2. The number of nitrogens with one attached hydrogen (secondary N) is 2. The van der Waals surface area contributed by atoms with Gasteiger partial charge in [-0.3, -0.25) is 4.79 Å². The molecule has 0 bridgehead atoms. The molecule has 0 saturated carbocycles. The average Bonchev–Trinajstić information content (AvgIpc) is 2.32. The highest BCUT2D eigenvalue weighted by molar-refractivity contribution is 5.86. The molecular weight excluding hydrogens is 309 g/mol. The third-order valence-corrected chi connectivity index (χ3v) is 3.26. The van der Waals surface area contributed by atoms with Crippen LogP contribution in [0.3, 0.4) is 0 Å². The van der Waals surface area contributed by atoms with Crippen molar-refractivity contribution < 1.29 is 23.1 Å². The summed E-state index contributed by atoms with van der Waals surface area (Å²) in [4.78, 5) is 12.2. The molecule has 0 aromatic heterocycles. The molecule has 3 N–H and O–H groups in total. The van der Waals surface area contributed by atoms with E-state index in [1.807, 2.05) is 0 Å². The van der Waals surface area contributed by atoms with E-state index in [1.165, 1.54) is 0 Å². The summed E-state index contributed by atoms with van der Waals surface area (Å²) in [5.74, 6) is -0.373. The summed E-state index contributed by atoms with van der Waals surface area (Å²) >= 11 is 0. The second-order valence-corrected chi connectivity index (χ2v) is 6.64. The number of hydrogen-bond donors (Lipinski definition) is 3. The zero-order valence-corrected chi connectivity index (χ0v) is 14.4. The maximum atomic E-state index is 12.2. The molecule has 23 heavy (non-hydrogen) atoms. The smallest absolute Gasteiger partial charge is 0.386 e. The summed E-state index contributed by atoms with van der Waals surface area (Å²) < 4.78 is 36.2. The number of hydrogen-bond acceptors (Lipinski definition) is 3. The van der Waals surface area contributed by atoms with Gasteiger partial charge in [0.25, 0.3) is 0 Å². The molecule has 0 aliphatic heterocycles. The van der Waals surface area contributed by atoms with Crippen LogP contribution < -0.4 is 10.6 Å². The predicted molar refractivity (Wildman–Crippen MR) is 84.7 cm³/mol. The molecule has 0 spiro atoms. The van der Waals surface area contributed by atoms with Crippen molar-refractivity contribution in [2.75, 3.05) is 6.54 Å². The van der Waals surface area contributed by atoms with Crippen LogP contribution in [-0.4, -0.2) is 34.9 Å². The minimum absolute atomic E-state index is 0.0824. The Kier molecular flexibility index (Phi) is 7.50. The Labute approximate surface area is 135 Å². The Morgan fingerprint density at radius 2 is 1.74 bits per heavy atom. The van der Waals surface area contributed by atoms with Gasteiger partial charge < -0.3 is 15.7 Å². The number of carbonyl (C=O) groups excluding carboxylic acids is 1. The lowest BCUT2D eigenvalue weighted by molar-refractivity contribution is -0.135. The third kappa shape index (κ3) is 9.40. The van der Waals surface area contributed by atoms with Gasteiger partial charge in [-0.25, -0.2) is 0 Å². The standard InChI is InChI=1S/C16H27F3N2O2/c1-11(15(5,6)23)10-12(2)21-13(22)14(3,4)20-9-7-8-16(17,18)19/h10,20,23H,1,7-9H2,2-6H3,(H,21,22)/b12-10+. The summed E-state index contributed by atoms with van der Waals surface area (Å²) in [6.07, 6.45) is -3.62. The summed E-state index contributed by atoms with van der Waals surface area (Å²) in [6.45, 7) is 11.8. The first-order chi connectivity index (χ1) is 10.1. The number of halogens is 3. The molecule has 0 aliphatic rings. The van der Waals surface area contributed by atoms with Gasteiger partial charge in [0.2, 0.25) is 5.91 Å². The van der Waals surface area contributed by atoms with Gasteiger partial charge in [-0.1, -0.05) is 6.58 Å². The Hall–Kier alpha value is -1.34. The van der Waals surface area contributed by atoms with Crippen LogP contribution >= 0.6 is 0 Å². The molecule has 134 valence electrons. The second kappa shape index (κ2) is 7.97. The molecule has 0 radical (unpaired) electrons. The van der Waals surface area contributed by atoms with Gasteiger partial charge in [0.15, 0.2) is 0 Å². The van der Waals surface area contributed by atoms with Crippen molar-refractivity contribution in [3.8, 4) is 0 Å². The fourth-order valence-corrected chi connectivity index (χ4v) is 1.58. The molecule has 0 rings (SSSR count). The minimum atomic E-state index is -4.19. The largest absolute Gasteiger partial charge is 0.389 e. The fourth-order valence-electron chi connectivity index (χ4n) is 1.58. The summed E-state index contributed by atoms with van der Waals surface area (Å²) in [7, 11) is 0. The molecule has 7 heteroatoms. The van der Waals surface area contributed by atoms with Gasteiger partial charge in [0.05, 0.1) is 11.1 Å². The lowest BCUT2D eigenvalue weighted by Crippen LogP contribution is -2.52. The zero-order chi connectivity index (χ0) is 18.5. The summed E-state index contributed by atoms with van der Waals surface area (Å²) in [6, 6.07) is 0. The number of carbonyl (C=O) groups is 1. The van der Waals surface area contributed by atoms with Crippen molar-refractivity contribution in [3.05, 3.63) is 23.9 Å². The van der Waals surface area contributed by atoms with Gasteiger partial charge >= 0.3 is 6.18 Å². The number of alkyl halides is 3. The summed E-state index contributed by atoms with van der Waals surface area (Å²) in [5.41, 5.74) is -1.19. The van der Waals surface area contributed by atoms with Crippen LogP contribution in [0, 0.1) is 0 Å². The molecule has 0 heterocycles. The van der Waals surface area contributed by atoms with Crippen LogP contribution in [-0.2, 0) is 4.79 Å². The quantitative estimate of drug-likeness (QED) is 0.472. The van der Waals surface area contributed by atoms with Crippen molar-refractivity contribution in [1.29, 1.82) is 0 Å². The van der Waals surface area contributed by atoms with Crippen molar-refractivity contribution in [3.63, 3.8) is 0 Å². The molecule has 0 saturated heterocycles. The highest BCUT2D eigenvalue weighted by Crippen LogP contribution is 2.21. The van der Waals surface area contributed by atoms with E-state index in [0.29, 0.717) is 11.3 Å². The fraction of sp³-hybridized carbons (Fsp3) is 0.688. The number of amides is 1. The van der Waals surface area contributed by atoms with Crippen LogP contribution in [0.1, 0.15) is 47.5 Å². The second-order valence-electron chi connectivity index (χ2n) is 6.64. The molecule has 0 unspecified atom stereocenters. The number of rotatable bonds is 8. The van der Waals surface area contributed by atoms with E-state index >= 15 is 0 Å². The summed E-state index contributed by atoms with van der Waals surface area (Å²) in [5, 5.41) is 15.2. The first-order valence-electron chi connectivity index (χ1n) is 7.38. The van der Waals surface area contributed by atoms with Crippen molar-refractivity contribution in [1.82, 2.24) is 10.6 Å². The SMILES string of the molecule is C=C(/C=C(\C)NC(=O)C(C)(C)NCCCC(F)(F)F)C(C)(C)O. The van der Waals surface area contributed by atoms with Crippen molar-refractivity contribution in [2.45, 2.75) is 64.8 Å². The van der Waals surface area contributed by atoms with Crippen LogP contribution in [0.5, 0.6) is 0 Å². The first-order valence-corrected chi connectivity index (χ1v) is 7.38. The molecule has 0 atom stereocenters. The van der Waals surface area contributed by atoms with Gasteiger partial charge in [0.1, 0.15) is 0 Å². The zero-order valence-electron chi connectivity index (χ0n) is 14.4. The van der Waals surface area contributed by atoms with Gasteiger partial charge in [-0.2, -0.15) is 13.2 Å². The van der Waals surface area contributed by atoms with Crippen LogP contribution in [0.25, 0.3) is 0 Å². The lowest BCUT2D eigenvalue weighted by Gasteiger charge is -2.26. The Balaban J connectivity index is 4.52. The average molecular weight is 336 g/mol. The van der Waals surface area contributed by atoms with Crippen molar-refractivity contribution >= 4 is 5.91 Å². The molecule has 4 nitrogen and oxygen atoms in total. The predicted octanol–water partition coefficient (Wildman–Crippen LogP) is 3.04. The highest BCUT2D eigenvalue weighted by Gasteiger charge is 2.29. The molecular formula is C16H27F3N2O2. The van der Waals surface area contributed by atoms with E-state index < -0.39 is 23.7 Å². The lowest BCUT2D eigenvalue weighted by atomic mass is 9.99. The van der Waals surface area contributed by atoms with E-state index in [4.69, 9.17) is 0 Å². The van der Waals surface area contributed by atoms with Crippen LogP contribution in [0.4, 0.5) is 13.2 Å². The monoisotopic (exact) mass is 336 g/mol. The van der Waals surface area contributed by atoms with E-state index in [9.17, 15) is 23.1 Å². The number of allylic oxidation sites excluding steroid dienone is 1. The first kappa shape index (κ1) is 21.7. The highest BCUT2D eigenvalue weighted by atomic mass is 19.4. The maximum Gasteiger partial charge on any atom is 0.389 e. The third-order valence-electron chi connectivity index (χ3n) is 3.26. The Morgan fingerprint density at radius 1 is 1.22 bits per heavy atom. The van der Waals surface area contributed by atoms with Crippen LogP contribution in [0.2, 0.25) is 0 Å². The van der Waals surface area contributed by atoms with E-state index in [0.717, 1.165) is 0 Å². The van der Waals surface area contributed by atoms with Gasteiger partial charge in [0, 0.05) is 12.1 Å². The molecule has 0 aromatic rings. The van der Waals surface area contributed by atoms with Gasteiger partial charge in [-0.05, 0) is 59.2 Å². The van der Waals surface area contributed by atoms with E-state index in [1.54, 1.807) is 40.7 Å². The van der Waals surface area contributed by atoms with Gasteiger partial charge in [-0.15, -0.1) is 0 Å². The minimum Gasteiger partial charge on any atom is -0.386 e. The Morgan fingerprint density at radius 3 is 2.17 bits per heavy atom. The topological polar surface area (TPSA) is 61.4 Å². The number of aliphatic hydroxyl groups is 1. The van der Waals surface area contributed by atoms with E-state index in [-0.39, 0.29) is 18.9 Å². The van der Waals surface area contributed by atoms with Crippen molar-refractivity contribution in [2.24, 2.45) is 0 Å². The molecule has 0 aliphatic carbocycles. The van der Waals surface area contributed by atoms with Crippen LogP contribution in [0.15, 0.2) is 23.9 Å². The molecule has 1 amide bonds. The molecule has 0 fully saturated rings. The normalized spacial score (nSPS) is 13.9.